The summed E-state index contributed by atoms with van der Waals surface area (Å²) >= 11 is 0. The number of hydrogen-bond donors (Lipinski definition) is 3. The highest BCUT2D eigenvalue weighted by atomic mass is 16.6. The quantitative estimate of drug-likeness (QED) is 0.102. The maximum atomic E-state index is 12.1. The van der Waals surface area contributed by atoms with Crippen LogP contribution in [0.15, 0.2) is 54.6 Å². The van der Waals surface area contributed by atoms with Gasteiger partial charge in [-0.2, -0.15) is 0 Å². The second-order valence-corrected chi connectivity index (χ2v) is 7.50. The third-order valence-corrected chi connectivity index (χ3v) is 4.96. The maximum Gasteiger partial charge on any atom is 0.217 e. The van der Waals surface area contributed by atoms with Crippen LogP contribution in [-0.4, -0.2) is 22.3 Å². The Labute approximate surface area is 179 Å². The highest BCUT2D eigenvalue weighted by Crippen LogP contribution is 2.21. The van der Waals surface area contributed by atoms with Gasteiger partial charge < -0.3 is 20.7 Å². The number of carbonyl (C=O) groups excluding carboxylic acids is 1. The van der Waals surface area contributed by atoms with E-state index in [4.69, 9.17) is 10.5 Å². The standard InChI is InChI=1S/C25H33NO4/c1-2-3-4-5-6-7-9-19-12-15-21(16-13-19)30-25(29)11-8-10-23(27)20-14-17-22(26)24(28)18-20/h8,11-18,25,28-29H,2-7,9-10,26H2,1H3. The van der Waals surface area contributed by atoms with Gasteiger partial charge in [0.15, 0.2) is 5.78 Å². The van der Waals surface area contributed by atoms with Crippen LogP contribution in [0, 0.1) is 0 Å². The fourth-order valence-corrected chi connectivity index (χ4v) is 3.15. The molecule has 30 heavy (non-hydrogen) atoms. The van der Waals surface area contributed by atoms with Gasteiger partial charge in [-0.05, 0) is 54.8 Å². The fraction of sp³-hybridized carbons (Fsp3) is 0.400. The first-order valence-electron chi connectivity index (χ1n) is 10.7. The van der Waals surface area contributed by atoms with Gasteiger partial charge in [0, 0.05) is 12.0 Å². The molecule has 5 nitrogen and oxygen atoms in total. The first kappa shape index (κ1) is 23.5. The van der Waals surface area contributed by atoms with Gasteiger partial charge in [0.05, 0.1) is 5.69 Å². The molecule has 0 spiro atoms. The molecule has 0 saturated carbocycles. The number of hydrogen-bond acceptors (Lipinski definition) is 5. The van der Waals surface area contributed by atoms with E-state index in [0.29, 0.717) is 11.3 Å². The predicted octanol–water partition coefficient (Wildman–Crippen LogP) is 5.40. The number of aromatic hydroxyl groups is 1. The van der Waals surface area contributed by atoms with E-state index in [1.165, 1.54) is 62.3 Å². The number of aryl methyl sites for hydroxylation is 1. The Morgan fingerprint density at radius 3 is 2.47 bits per heavy atom. The molecule has 1 unspecified atom stereocenters. The molecule has 0 amide bonds. The Balaban J connectivity index is 1.72. The lowest BCUT2D eigenvalue weighted by Gasteiger charge is -2.10. The number of benzene rings is 2. The highest BCUT2D eigenvalue weighted by Gasteiger charge is 2.07. The van der Waals surface area contributed by atoms with E-state index in [9.17, 15) is 15.0 Å². The van der Waals surface area contributed by atoms with E-state index in [1.54, 1.807) is 12.1 Å². The van der Waals surface area contributed by atoms with Crippen LogP contribution in [0.1, 0.15) is 67.8 Å². The second kappa shape index (κ2) is 12.7. The van der Waals surface area contributed by atoms with Crippen molar-refractivity contribution in [3.8, 4) is 11.5 Å². The van der Waals surface area contributed by atoms with E-state index < -0.39 is 6.29 Å². The zero-order chi connectivity index (χ0) is 21.8. The molecule has 0 fully saturated rings. The van der Waals surface area contributed by atoms with E-state index in [0.717, 1.165) is 6.42 Å². The lowest BCUT2D eigenvalue weighted by atomic mass is 10.0. The number of unbranched alkanes of at least 4 members (excludes halogenated alkanes) is 5. The Morgan fingerprint density at radius 1 is 1.07 bits per heavy atom. The van der Waals surface area contributed by atoms with Crippen LogP contribution >= 0.6 is 0 Å². The predicted molar refractivity (Wildman–Crippen MR) is 121 cm³/mol. The largest absolute Gasteiger partial charge is 0.506 e. The summed E-state index contributed by atoms with van der Waals surface area (Å²) in [7, 11) is 0. The van der Waals surface area contributed by atoms with Crippen LogP contribution in [-0.2, 0) is 6.42 Å². The van der Waals surface area contributed by atoms with Gasteiger partial charge in [0.25, 0.3) is 0 Å². The van der Waals surface area contributed by atoms with Gasteiger partial charge in [0.2, 0.25) is 6.29 Å². The molecule has 2 rings (SSSR count). The molecular formula is C25H33NO4. The third-order valence-electron chi connectivity index (χ3n) is 4.96. The summed E-state index contributed by atoms with van der Waals surface area (Å²) < 4.78 is 5.46. The van der Waals surface area contributed by atoms with Crippen molar-refractivity contribution in [1.82, 2.24) is 0 Å². The summed E-state index contributed by atoms with van der Waals surface area (Å²) in [4.78, 5) is 12.1. The number of phenolic OH excluding ortho intramolecular Hbond substituents is 1. The van der Waals surface area contributed by atoms with E-state index in [-0.39, 0.29) is 23.6 Å². The van der Waals surface area contributed by atoms with Gasteiger partial charge >= 0.3 is 0 Å². The van der Waals surface area contributed by atoms with E-state index >= 15 is 0 Å². The van der Waals surface area contributed by atoms with Crippen LogP contribution in [0.3, 0.4) is 0 Å². The highest BCUT2D eigenvalue weighted by molar-refractivity contribution is 5.97. The number of phenols is 1. The van der Waals surface area contributed by atoms with Crippen molar-refractivity contribution < 1.29 is 19.7 Å². The molecule has 0 heterocycles. The minimum atomic E-state index is -1.14. The van der Waals surface area contributed by atoms with E-state index in [1.807, 2.05) is 24.3 Å². The third kappa shape index (κ3) is 8.29. The molecule has 2 aromatic carbocycles. The summed E-state index contributed by atoms with van der Waals surface area (Å²) in [6, 6.07) is 12.1. The molecule has 0 aromatic heterocycles. The first-order valence-corrected chi connectivity index (χ1v) is 10.7. The summed E-state index contributed by atoms with van der Waals surface area (Å²) in [5, 5.41) is 19.6. The van der Waals surface area contributed by atoms with Gasteiger partial charge in [-0.1, -0.05) is 57.2 Å². The topological polar surface area (TPSA) is 92.8 Å². The second-order valence-electron chi connectivity index (χ2n) is 7.50. The molecule has 4 N–H and O–H groups in total. The van der Waals surface area contributed by atoms with Gasteiger partial charge in [-0.25, -0.2) is 0 Å². The minimum Gasteiger partial charge on any atom is -0.506 e. The Hall–Kier alpha value is -2.79. The van der Waals surface area contributed by atoms with Gasteiger partial charge in [-0.15, -0.1) is 0 Å². The van der Waals surface area contributed by atoms with Crippen molar-refractivity contribution in [2.75, 3.05) is 5.73 Å². The molecule has 0 saturated heterocycles. The summed E-state index contributed by atoms with van der Waals surface area (Å²) in [6.07, 6.45) is 10.6. The molecule has 0 aliphatic carbocycles. The molecule has 5 heteroatoms. The number of Topliss-reactive ketones (excluding diaryl/α,β-unsaturated/α-hetero) is 1. The maximum absolute atomic E-state index is 12.1. The Morgan fingerprint density at radius 2 is 1.77 bits per heavy atom. The van der Waals surface area contributed by atoms with Crippen molar-refractivity contribution in [3.63, 3.8) is 0 Å². The lowest BCUT2D eigenvalue weighted by Crippen LogP contribution is -2.12. The van der Waals surface area contributed by atoms with E-state index in [2.05, 4.69) is 6.92 Å². The van der Waals surface area contributed by atoms with Crippen LogP contribution in [0.25, 0.3) is 0 Å². The molecule has 0 bridgehead atoms. The van der Waals surface area contributed by atoms with Crippen LogP contribution in [0.5, 0.6) is 11.5 Å². The lowest BCUT2D eigenvalue weighted by molar-refractivity contribution is 0.0246. The number of aliphatic hydroxyl groups excluding tert-OH is 1. The monoisotopic (exact) mass is 411 g/mol. The molecular weight excluding hydrogens is 378 g/mol. The number of allylic oxidation sites excluding steroid dienone is 1. The number of carbonyl (C=O) groups is 1. The average Bonchev–Trinajstić information content (AvgIpc) is 2.73. The summed E-state index contributed by atoms with van der Waals surface area (Å²) in [5.41, 5.74) is 7.39. The molecule has 2 aromatic rings. The number of anilines is 1. The SMILES string of the molecule is CCCCCCCCc1ccc(OC(O)C=CCC(=O)c2ccc(N)c(O)c2)cc1. The van der Waals surface area contributed by atoms with Crippen LogP contribution < -0.4 is 10.5 Å². The number of ether oxygens (including phenoxy) is 1. The van der Waals surface area contributed by atoms with Crippen molar-refractivity contribution in [2.45, 2.75) is 64.6 Å². The molecule has 162 valence electrons. The Kier molecular flexibility index (Phi) is 9.95. The fourth-order valence-electron chi connectivity index (χ4n) is 3.15. The minimum absolute atomic E-state index is 0.0843. The smallest absolute Gasteiger partial charge is 0.217 e. The molecule has 0 aliphatic heterocycles. The van der Waals surface area contributed by atoms with Gasteiger partial charge in [-0.3, -0.25) is 4.79 Å². The van der Waals surface area contributed by atoms with Crippen LogP contribution in [0.4, 0.5) is 5.69 Å². The number of nitrogen functional groups attached to an aromatic ring is 1. The van der Waals surface area contributed by atoms with Crippen molar-refractivity contribution in [1.29, 1.82) is 0 Å². The average molecular weight is 412 g/mol. The zero-order valence-corrected chi connectivity index (χ0v) is 17.7. The molecule has 0 aliphatic rings. The summed E-state index contributed by atoms with van der Waals surface area (Å²) in [5.74, 6) is 0.273. The molecule has 0 radical (unpaired) electrons. The number of rotatable bonds is 13. The zero-order valence-electron chi connectivity index (χ0n) is 17.7. The van der Waals surface area contributed by atoms with Gasteiger partial charge in [0.1, 0.15) is 11.5 Å². The molecule has 1 atom stereocenters. The van der Waals surface area contributed by atoms with Crippen molar-refractivity contribution in [2.24, 2.45) is 0 Å². The number of nitrogens with two attached hydrogens (primary N) is 1. The van der Waals surface area contributed by atoms with Crippen LogP contribution in [0.2, 0.25) is 0 Å². The Bertz CT molecular complexity index is 814. The number of ketones is 1. The normalized spacial score (nSPS) is 12.2. The summed E-state index contributed by atoms with van der Waals surface area (Å²) in [6.45, 7) is 2.23. The van der Waals surface area contributed by atoms with Crippen molar-refractivity contribution in [3.05, 3.63) is 65.7 Å². The number of aliphatic hydroxyl groups is 1. The first-order chi connectivity index (χ1) is 14.5. The van der Waals surface area contributed by atoms with Crippen molar-refractivity contribution >= 4 is 11.5 Å².